The number of fused-ring (bicyclic) bond motifs is 1. The molecule has 28 heavy (non-hydrogen) atoms. The minimum atomic E-state index is -0.232. The molecule has 0 spiro atoms. The molecule has 6 nitrogen and oxygen atoms in total. The first-order valence-electron chi connectivity index (χ1n) is 9.38. The highest BCUT2D eigenvalue weighted by atomic mass is 16.2. The molecule has 2 aromatic carbocycles. The second kappa shape index (κ2) is 8.17. The van der Waals surface area contributed by atoms with Gasteiger partial charge in [-0.05, 0) is 70.2 Å². The van der Waals surface area contributed by atoms with Crippen molar-refractivity contribution in [1.82, 2.24) is 14.9 Å². The highest BCUT2D eigenvalue weighted by Gasteiger charge is 2.13. The van der Waals surface area contributed by atoms with Gasteiger partial charge in [0.25, 0.3) is 11.8 Å². The van der Waals surface area contributed by atoms with Crippen molar-refractivity contribution < 1.29 is 9.59 Å². The molecular weight excluding hydrogens is 352 g/mol. The van der Waals surface area contributed by atoms with Gasteiger partial charge in [0.1, 0.15) is 0 Å². The number of hydrogen-bond acceptors (Lipinski definition) is 4. The number of anilines is 1. The third-order valence-electron chi connectivity index (χ3n) is 4.78. The summed E-state index contributed by atoms with van der Waals surface area (Å²) in [6.07, 6.45) is 0. The van der Waals surface area contributed by atoms with Crippen LogP contribution in [0.4, 0.5) is 5.69 Å². The maximum absolute atomic E-state index is 12.6. The van der Waals surface area contributed by atoms with Gasteiger partial charge in [-0.1, -0.05) is 0 Å². The normalized spacial score (nSPS) is 10.7. The van der Waals surface area contributed by atoms with Gasteiger partial charge in [0.2, 0.25) is 0 Å². The number of rotatable bonds is 5. The molecular formula is C22H24N4O2. The molecule has 0 fully saturated rings. The van der Waals surface area contributed by atoms with E-state index in [0.717, 1.165) is 16.9 Å². The molecule has 0 atom stereocenters. The van der Waals surface area contributed by atoms with Crippen LogP contribution < -0.4 is 5.32 Å². The van der Waals surface area contributed by atoms with E-state index in [2.05, 4.69) is 15.3 Å². The molecule has 6 heteroatoms. The number of carbonyl (C=O) groups is 2. The summed E-state index contributed by atoms with van der Waals surface area (Å²) in [6.45, 7) is 9.04. The minimum absolute atomic E-state index is 0.0124. The van der Waals surface area contributed by atoms with Crippen molar-refractivity contribution in [2.24, 2.45) is 0 Å². The van der Waals surface area contributed by atoms with Crippen molar-refractivity contribution in [3.63, 3.8) is 0 Å². The molecule has 0 aliphatic rings. The van der Waals surface area contributed by atoms with Gasteiger partial charge < -0.3 is 10.2 Å². The topological polar surface area (TPSA) is 75.2 Å². The lowest BCUT2D eigenvalue weighted by atomic mass is 10.1. The average molecular weight is 376 g/mol. The molecule has 0 saturated carbocycles. The highest BCUT2D eigenvalue weighted by molar-refractivity contribution is 6.06. The summed E-state index contributed by atoms with van der Waals surface area (Å²) in [5.41, 5.74) is 4.92. The van der Waals surface area contributed by atoms with Gasteiger partial charge in [-0.3, -0.25) is 9.59 Å². The predicted molar refractivity (Wildman–Crippen MR) is 111 cm³/mol. The van der Waals surface area contributed by atoms with Crippen molar-refractivity contribution in [3.8, 4) is 0 Å². The summed E-state index contributed by atoms with van der Waals surface area (Å²) in [5, 5.41) is 2.86. The lowest BCUT2D eigenvalue weighted by Crippen LogP contribution is -2.30. The van der Waals surface area contributed by atoms with E-state index in [-0.39, 0.29) is 11.8 Å². The van der Waals surface area contributed by atoms with Crippen LogP contribution in [0.15, 0.2) is 42.5 Å². The van der Waals surface area contributed by atoms with Crippen LogP contribution >= 0.6 is 0 Å². The van der Waals surface area contributed by atoms with Crippen molar-refractivity contribution in [2.75, 3.05) is 18.4 Å². The quantitative estimate of drug-likeness (QED) is 0.731. The Morgan fingerprint density at radius 2 is 1.43 bits per heavy atom. The Bertz CT molecular complexity index is 1020. The van der Waals surface area contributed by atoms with Crippen molar-refractivity contribution in [1.29, 1.82) is 0 Å². The fourth-order valence-corrected chi connectivity index (χ4v) is 2.96. The molecule has 3 rings (SSSR count). The van der Waals surface area contributed by atoms with E-state index in [1.807, 2.05) is 27.7 Å². The standard InChI is InChI=1S/C22H24N4O2/c1-5-26(6-2)22(28)16-7-10-18(11-8-16)25-21(27)17-9-12-19-20(13-17)24-15(4)14(3)23-19/h7-13H,5-6H2,1-4H3,(H,25,27). The molecule has 0 bridgehead atoms. The van der Waals surface area contributed by atoms with Gasteiger partial charge in [-0.15, -0.1) is 0 Å². The molecule has 1 aromatic heterocycles. The van der Waals surface area contributed by atoms with Crippen molar-refractivity contribution >= 4 is 28.5 Å². The zero-order valence-corrected chi connectivity index (χ0v) is 16.6. The number of benzene rings is 2. The Kier molecular flexibility index (Phi) is 5.68. The molecule has 0 radical (unpaired) electrons. The Morgan fingerprint density at radius 1 is 0.857 bits per heavy atom. The number of amides is 2. The maximum atomic E-state index is 12.6. The van der Waals surface area contributed by atoms with Gasteiger partial charge in [0.05, 0.1) is 22.4 Å². The number of carbonyl (C=O) groups excluding carboxylic acids is 2. The Labute approximate surface area is 164 Å². The maximum Gasteiger partial charge on any atom is 0.255 e. The van der Waals surface area contributed by atoms with E-state index in [4.69, 9.17) is 0 Å². The van der Waals surface area contributed by atoms with Crippen LogP contribution in [0.2, 0.25) is 0 Å². The summed E-state index contributed by atoms with van der Waals surface area (Å²) in [5.74, 6) is -0.244. The van der Waals surface area contributed by atoms with Crippen molar-refractivity contribution in [3.05, 3.63) is 65.0 Å². The molecule has 1 N–H and O–H groups in total. The van der Waals surface area contributed by atoms with Crippen LogP contribution in [-0.4, -0.2) is 39.8 Å². The minimum Gasteiger partial charge on any atom is -0.339 e. The van der Waals surface area contributed by atoms with Crippen LogP contribution in [0.5, 0.6) is 0 Å². The van der Waals surface area contributed by atoms with Gasteiger partial charge in [-0.2, -0.15) is 0 Å². The summed E-state index contributed by atoms with van der Waals surface area (Å²) in [7, 11) is 0. The first-order chi connectivity index (χ1) is 13.4. The first-order valence-corrected chi connectivity index (χ1v) is 9.38. The van der Waals surface area contributed by atoms with E-state index in [9.17, 15) is 9.59 Å². The highest BCUT2D eigenvalue weighted by Crippen LogP contribution is 2.17. The molecule has 0 aliphatic carbocycles. The zero-order chi connectivity index (χ0) is 20.3. The number of hydrogen-bond donors (Lipinski definition) is 1. The van der Waals surface area contributed by atoms with Crippen molar-refractivity contribution in [2.45, 2.75) is 27.7 Å². The summed E-state index contributed by atoms with van der Waals surface area (Å²) in [4.78, 5) is 35.7. The monoisotopic (exact) mass is 376 g/mol. The zero-order valence-electron chi connectivity index (χ0n) is 16.6. The van der Waals surface area contributed by atoms with E-state index >= 15 is 0 Å². The molecule has 0 unspecified atom stereocenters. The van der Waals surface area contributed by atoms with Gasteiger partial charge >= 0.3 is 0 Å². The van der Waals surface area contributed by atoms with Gasteiger partial charge in [0, 0.05) is 29.9 Å². The Balaban J connectivity index is 1.76. The predicted octanol–water partition coefficient (Wildman–Crippen LogP) is 3.98. The van der Waals surface area contributed by atoms with Gasteiger partial charge in [0.15, 0.2) is 0 Å². The lowest BCUT2D eigenvalue weighted by molar-refractivity contribution is 0.0773. The number of nitrogens with one attached hydrogen (secondary N) is 1. The Morgan fingerprint density at radius 3 is 2.04 bits per heavy atom. The fourth-order valence-electron chi connectivity index (χ4n) is 2.96. The molecule has 144 valence electrons. The van der Waals surface area contributed by atoms with E-state index < -0.39 is 0 Å². The lowest BCUT2D eigenvalue weighted by Gasteiger charge is -2.18. The Hall–Kier alpha value is -3.28. The molecule has 3 aromatic rings. The second-order valence-corrected chi connectivity index (χ2v) is 6.61. The number of nitrogens with zero attached hydrogens (tertiary/aromatic N) is 3. The average Bonchev–Trinajstić information content (AvgIpc) is 2.70. The van der Waals surface area contributed by atoms with Crippen LogP contribution in [0.3, 0.4) is 0 Å². The molecule has 2 amide bonds. The smallest absolute Gasteiger partial charge is 0.255 e. The van der Waals surface area contributed by atoms with E-state index in [1.165, 1.54) is 0 Å². The summed E-state index contributed by atoms with van der Waals surface area (Å²) in [6, 6.07) is 12.2. The number of aryl methyl sites for hydroxylation is 2. The summed E-state index contributed by atoms with van der Waals surface area (Å²) >= 11 is 0. The second-order valence-electron chi connectivity index (χ2n) is 6.61. The summed E-state index contributed by atoms with van der Waals surface area (Å²) < 4.78 is 0. The van der Waals surface area contributed by atoms with Crippen LogP contribution in [0, 0.1) is 13.8 Å². The van der Waals surface area contributed by atoms with E-state index in [1.54, 1.807) is 47.4 Å². The third kappa shape index (κ3) is 4.01. The SMILES string of the molecule is CCN(CC)C(=O)c1ccc(NC(=O)c2ccc3nc(C)c(C)nc3c2)cc1. The third-order valence-corrected chi connectivity index (χ3v) is 4.78. The van der Waals surface area contributed by atoms with Crippen LogP contribution in [0.1, 0.15) is 46.0 Å². The molecule has 1 heterocycles. The van der Waals surface area contributed by atoms with E-state index in [0.29, 0.717) is 35.4 Å². The molecule has 0 saturated heterocycles. The fraction of sp³-hybridized carbons (Fsp3) is 0.273. The van der Waals surface area contributed by atoms with Crippen LogP contribution in [-0.2, 0) is 0 Å². The number of aromatic nitrogens is 2. The largest absolute Gasteiger partial charge is 0.339 e. The van der Waals surface area contributed by atoms with Gasteiger partial charge in [-0.25, -0.2) is 9.97 Å². The molecule has 0 aliphatic heterocycles. The van der Waals surface area contributed by atoms with Crippen LogP contribution in [0.25, 0.3) is 11.0 Å². The first kappa shape index (κ1) is 19.5.